The minimum absolute atomic E-state index is 1.32. The van der Waals surface area contributed by atoms with Crippen molar-refractivity contribution in [3.8, 4) is 0 Å². The maximum atomic E-state index is 4.32. The Morgan fingerprint density at radius 2 is 0.593 bits per heavy atom. The minimum atomic E-state index is -1.97. The van der Waals surface area contributed by atoms with Crippen LogP contribution in [0.2, 0.25) is 0 Å². The molecule has 0 heterocycles. The second-order valence-electron chi connectivity index (χ2n) is 7.13. The number of hydrogen-bond donors (Lipinski definition) is 0. The van der Waals surface area contributed by atoms with Gasteiger partial charge in [0.15, 0.2) is 0 Å². The van der Waals surface area contributed by atoms with Gasteiger partial charge in [-0.15, -0.1) is 0 Å². The average molecular weight is 687 g/mol. The fourth-order valence-electron chi connectivity index (χ4n) is 3.27. The van der Waals surface area contributed by atoms with E-state index in [1.807, 2.05) is 0 Å². The zero-order valence-electron chi connectivity index (χ0n) is 17.8. The number of allylic oxidation sites excluding steroid dienone is 6. The fraction of sp³-hybridized carbons (Fsp3) is 0.250. The van der Waals surface area contributed by atoms with Gasteiger partial charge in [0.2, 0.25) is 0 Å². The third kappa shape index (κ3) is 6.56. The molecule has 1 aromatic carbocycles. The van der Waals surface area contributed by atoms with E-state index in [-0.39, 0.29) is 0 Å². The van der Waals surface area contributed by atoms with Gasteiger partial charge >= 0.3 is 191 Å². The van der Waals surface area contributed by atoms with Gasteiger partial charge in [0.05, 0.1) is 0 Å². The van der Waals surface area contributed by atoms with Crippen LogP contribution in [0.5, 0.6) is 0 Å². The molecule has 0 atom stereocenters. The van der Waals surface area contributed by atoms with Gasteiger partial charge in [0.25, 0.3) is 0 Å². The number of hydrogen-bond acceptors (Lipinski definition) is 0. The molecule has 0 N–H and O–H groups in total. The van der Waals surface area contributed by atoms with Crippen LogP contribution in [0.3, 0.4) is 0 Å². The average Bonchev–Trinajstić information content (AvgIpc) is 2.44. The Labute approximate surface area is 189 Å². The molecule has 0 aliphatic heterocycles. The molecule has 0 bridgehead atoms. The van der Waals surface area contributed by atoms with Gasteiger partial charge in [-0.25, -0.2) is 0 Å². The van der Waals surface area contributed by atoms with E-state index in [2.05, 4.69) is 99.2 Å². The Balaban J connectivity index is 3.84. The van der Waals surface area contributed by atoms with Crippen molar-refractivity contribution in [3.05, 3.63) is 78.8 Å². The third-order valence-electron chi connectivity index (χ3n) is 3.95. The summed E-state index contributed by atoms with van der Waals surface area (Å²) < 4.78 is 12.4. The van der Waals surface area contributed by atoms with Gasteiger partial charge in [-0.05, 0) is 0 Å². The summed E-state index contributed by atoms with van der Waals surface area (Å²) in [6.45, 7) is 39.0. The summed E-state index contributed by atoms with van der Waals surface area (Å²) in [7, 11) is 0. The van der Waals surface area contributed by atoms with Crippen molar-refractivity contribution in [1.82, 2.24) is 0 Å². The molecule has 1 rings (SSSR count). The van der Waals surface area contributed by atoms with Crippen LogP contribution in [0.4, 0.5) is 0 Å². The zero-order chi connectivity index (χ0) is 21.0. The van der Waals surface area contributed by atoms with Crippen LogP contribution in [0.25, 0.3) is 0 Å². The second-order valence-corrected chi connectivity index (χ2v) is 30.4. The molecular weight excluding hydrogens is 654 g/mol. The normalized spacial score (nSPS) is 11.0. The van der Waals surface area contributed by atoms with Gasteiger partial charge in [-0.3, -0.25) is 0 Å². The Bertz CT molecular complexity index is 662. The number of benzene rings is 1. The topological polar surface area (TPSA) is 0 Å². The van der Waals surface area contributed by atoms with Crippen molar-refractivity contribution in [2.24, 2.45) is 0 Å². The van der Waals surface area contributed by atoms with Gasteiger partial charge in [0.1, 0.15) is 0 Å². The zero-order valence-corrected chi connectivity index (χ0v) is 25.5. The first-order valence-corrected chi connectivity index (χ1v) is 20.4. The van der Waals surface area contributed by atoms with E-state index < -0.39 is 60.6 Å². The predicted molar refractivity (Wildman–Crippen MR) is 131 cm³/mol. The van der Waals surface area contributed by atoms with Gasteiger partial charge in [-0.2, -0.15) is 0 Å². The molecule has 0 unspecified atom stereocenters. The van der Waals surface area contributed by atoms with Crippen LogP contribution in [0, 0.1) is 0 Å². The summed E-state index contributed by atoms with van der Waals surface area (Å²) in [6, 6.07) is 7.37. The van der Waals surface area contributed by atoms with Crippen molar-refractivity contribution in [2.75, 3.05) is 0 Å². The van der Waals surface area contributed by atoms with Crippen LogP contribution in [-0.2, 0) is 0 Å². The summed E-state index contributed by atoms with van der Waals surface area (Å²) >= 11 is -5.92. The van der Waals surface area contributed by atoms with Crippen LogP contribution in [0.15, 0.2) is 78.8 Å². The van der Waals surface area contributed by atoms with Crippen molar-refractivity contribution in [3.63, 3.8) is 0 Å². The van der Waals surface area contributed by atoms with Gasteiger partial charge in [0, 0.05) is 0 Å². The molecule has 0 saturated heterocycles. The Morgan fingerprint density at radius 1 is 0.444 bits per heavy atom. The number of rotatable bonds is 9. The molecule has 0 nitrogen and oxygen atoms in total. The standard InChI is InChI=1S/C6H3.6C3H5.3Sb/c1-2-4-6-5-3-1;6*1-3-2;;;/h1,4-5H;6*1H2,2H3;;;. The fourth-order valence-corrected chi connectivity index (χ4v) is 23.7. The summed E-state index contributed by atoms with van der Waals surface area (Å²) in [5.41, 5.74) is 0. The monoisotopic (exact) mass is 684 g/mol. The molecule has 0 aliphatic rings. The summed E-state index contributed by atoms with van der Waals surface area (Å²) in [4.78, 5) is 0. The van der Waals surface area contributed by atoms with Crippen LogP contribution < -0.4 is 10.5 Å². The van der Waals surface area contributed by atoms with Crippen LogP contribution in [0.1, 0.15) is 41.5 Å². The maximum absolute atomic E-state index is 4.32. The molecule has 27 heavy (non-hydrogen) atoms. The second kappa shape index (κ2) is 10.8. The first kappa shape index (κ1) is 25.2. The molecule has 3 heteroatoms. The quantitative estimate of drug-likeness (QED) is 0.337. The molecule has 0 radical (unpaired) electrons. The molecule has 0 amide bonds. The van der Waals surface area contributed by atoms with Crippen molar-refractivity contribution in [2.45, 2.75) is 41.5 Å². The SMILES string of the molecule is C=[C](C)[Sb]([C](=C)C)[c]1c[c]([Sb]([C](=C)C)[C](=C)C)c[c]([Sb]([C](=C)C)[C](=C)C)c1. The van der Waals surface area contributed by atoms with E-state index in [9.17, 15) is 0 Å². The molecule has 0 saturated carbocycles. The first-order chi connectivity index (χ1) is 12.4. The van der Waals surface area contributed by atoms with Gasteiger partial charge < -0.3 is 0 Å². The van der Waals surface area contributed by atoms with E-state index >= 15 is 0 Å². The van der Waals surface area contributed by atoms with Crippen molar-refractivity contribution in [1.29, 1.82) is 0 Å². The Kier molecular flexibility index (Phi) is 10.0. The predicted octanol–water partition coefficient (Wildman–Crippen LogP) is 4.48. The van der Waals surface area contributed by atoms with E-state index in [4.69, 9.17) is 0 Å². The van der Waals surface area contributed by atoms with E-state index in [1.54, 1.807) is 0 Å². The van der Waals surface area contributed by atoms with Crippen LogP contribution >= 0.6 is 0 Å². The van der Waals surface area contributed by atoms with Crippen molar-refractivity contribution < 1.29 is 0 Å². The molecular formula is C24H33Sb3. The van der Waals surface area contributed by atoms with E-state index in [0.717, 1.165) is 0 Å². The van der Waals surface area contributed by atoms with Gasteiger partial charge in [-0.1, -0.05) is 0 Å². The first-order valence-electron chi connectivity index (χ1n) is 8.87. The molecule has 0 spiro atoms. The van der Waals surface area contributed by atoms with Crippen molar-refractivity contribution >= 4 is 71.2 Å². The van der Waals surface area contributed by atoms with E-state index in [0.29, 0.717) is 0 Å². The summed E-state index contributed by atoms with van der Waals surface area (Å²) in [5.74, 6) is 0. The van der Waals surface area contributed by atoms with Crippen LogP contribution in [-0.4, -0.2) is 60.6 Å². The Hall–Kier alpha value is 0.115. The Morgan fingerprint density at radius 3 is 0.704 bits per heavy atom. The molecule has 1 aromatic rings. The molecule has 144 valence electrons. The summed E-state index contributed by atoms with van der Waals surface area (Å²) in [5, 5.41) is 0. The molecule has 0 aromatic heterocycles. The third-order valence-corrected chi connectivity index (χ3v) is 23.7. The summed E-state index contributed by atoms with van der Waals surface area (Å²) in [6.07, 6.45) is 0. The van der Waals surface area contributed by atoms with E-state index in [1.165, 1.54) is 31.6 Å². The molecule has 0 aliphatic carbocycles. The molecule has 0 fully saturated rings.